The second kappa shape index (κ2) is 13.6. The fourth-order valence-electron chi connectivity index (χ4n) is 4.33. The van der Waals surface area contributed by atoms with Crippen molar-refractivity contribution in [3.63, 3.8) is 0 Å². The molecule has 0 radical (unpaired) electrons. The van der Waals surface area contributed by atoms with E-state index in [1.54, 1.807) is 30.3 Å². The van der Waals surface area contributed by atoms with E-state index < -0.39 is 12.0 Å². The summed E-state index contributed by atoms with van der Waals surface area (Å²) < 4.78 is 30.5. The fraction of sp³-hybridized carbons (Fsp3) is 0.300. The van der Waals surface area contributed by atoms with Gasteiger partial charge in [-0.2, -0.15) is 0 Å². The number of aromatic nitrogens is 1. The maximum atomic E-state index is 13.9. The Balaban J connectivity index is 1.88. The molecule has 0 saturated heterocycles. The van der Waals surface area contributed by atoms with Crippen molar-refractivity contribution >= 4 is 39.3 Å². The summed E-state index contributed by atoms with van der Waals surface area (Å²) in [4.78, 5) is 31.6. The standard InChI is InChI=1S/C30H29BrN2O7S/c1-6-12-40-27-21(31)13-18(14-24(27)39-9-4)15-25-28(34)33-26(20(29(35)36-5)17-32-30(33)41-25)19-10-11-22(37-7-2)23(16-19)38-8-3/h1,10-11,13-17,26H,7-9,12H2,2-5H3/b25-15-/t26-/m1/s1. The number of esters is 1. The Morgan fingerprint density at radius 1 is 1.07 bits per heavy atom. The summed E-state index contributed by atoms with van der Waals surface area (Å²) in [5.41, 5.74) is 1.24. The van der Waals surface area contributed by atoms with Crippen molar-refractivity contribution in [1.29, 1.82) is 0 Å². The SMILES string of the molecule is C#CCOc1c(Br)cc(/C=c2\sc3n(c2=O)[C@H](c2ccc(OCC)c(OCC)c2)C(C(=O)OC)=CN=3)cc1OCC. The van der Waals surface area contributed by atoms with Crippen LogP contribution in [0.5, 0.6) is 23.0 Å². The third kappa shape index (κ3) is 6.34. The van der Waals surface area contributed by atoms with Gasteiger partial charge in [0.15, 0.2) is 27.8 Å². The molecule has 0 N–H and O–H groups in total. The van der Waals surface area contributed by atoms with Crippen LogP contribution in [-0.2, 0) is 9.53 Å². The van der Waals surface area contributed by atoms with E-state index in [-0.39, 0.29) is 17.7 Å². The maximum Gasteiger partial charge on any atom is 0.337 e. The van der Waals surface area contributed by atoms with Crippen LogP contribution in [0.4, 0.5) is 0 Å². The number of hydrogen-bond donors (Lipinski definition) is 0. The molecule has 41 heavy (non-hydrogen) atoms. The third-order valence-electron chi connectivity index (χ3n) is 5.94. The molecule has 4 rings (SSSR count). The molecule has 1 atom stereocenters. The Morgan fingerprint density at radius 2 is 1.78 bits per heavy atom. The van der Waals surface area contributed by atoms with Gasteiger partial charge in [0.1, 0.15) is 6.61 Å². The molecule has 9 nitrogen and oxygen atoms in total. The molecule has 1 aromatic heterocycles. The highest BCUT2D eigenvalue weighted by Crippen LogP contribution is 2.37. The first-order valence-corrected chi connectivity index (χ1v) is 14.5. The molecule has 1 aliphatic rings. The smallest absolute Gasteiger partial charge is 0.337 e. The molecule has 0 saturated carbocycles. The summed E-state index contributed by atoms with van der Waals surface area (Å²) >= 11 is 4.73. The minimum absolute atomic E-state index is 0.0791. The Hall–Kier alpha value is -4.01. The fourth-order valence-corrected chi connectivity index (χ4v) is 5.87. The molecule has 2 heterocycles. The number of carbonyl (C=O) groups excluding carboxylic acids is 1. The van der Waals surface area contributed by atoms with Crippen molar-refractivity contribution in [3.05, 3.63) is 77.4 Å². The number of methoxy groups -OCH3 is 1. The van der Waals surface area contributed by atoms with Gasteiger partial charge in [0, 0.05) is 6.20 Å². The van der Waals surface area contributed by atoms with E-state index in [9.17, 15) is 9.59 Å². The average molecular weight is 642 g/mol. The summed E-state index contributed by atoms with van der Waals surface area (Å²) in [7, 11) is 1.29. The molecule has 0 bridgehead atoms. The van der Waals surface area contributed by atoms with Crippen LogP contribution in [0.2, 0.25) is 0 Å². The van der Waals surface area contributed by atoms with Gasteiger partial charge in [-0.25, -0.2) is 9.79 Å². The molecule has 0 amide bonds. The van der Waals surface area contributed by atoms with E-state index in [1.807, 2.05) is 26.8 Å². The van der Waals surface area contributed by atoms with Gasteiger partial charge in [0.25, 0.3) is 5.56 Å². The molecule has 214 valence electrons. The summed E-state index contributed by atoms with van der Waals surface area (Å²) in [5, 5.41) is 0. The van der Waals surface area contributed by atoms with Crippen molar-refractivity contribution in [1.82, 2.24) is 4.57 Å². The number of nitrogens with zero attached hydrogens (tertiary/aromatic N) is 2. The van der Waals surface area contributed by atoms with E-state index in [2.05, 4.69) is 26.8 Å². The number of halogens is 1. The van der Waals surface area contributed by atoms with E-state index in [4.69, 9.17) is 30.1 Å². The van der Waals surface area contributed by atoms with E-state index in [0.29, 0.717) is 67.8 Å². The van der Waals surface area contributed by atoms with Gasteiger partial charge in [-0.15, -0.1) is 6.42 Å². The van der Waals surface area contributed by atoms with Crippen LogP contribution >= 0.6 is 27.3 Å². The third-order valence-corrected chi connectivity index (χ3v) is 7.52. The van der Waals surface area contributed by atoms with Crippen molar-refractivity contribution in [2.24, 2.45) is 4.99 Å². The van der Waals surface area contributed by atoms with Crippen LogP contribution in [0.15, 0.2) is 56.4 Å². The lowest BCUT2D eigenvalue weighted by Crippen LogP contribution is -2.39. The number of carbonyl (C=O) groups is 1. The number of terminal acetylenes is 1. The topological polar surface area (TPSA) is 97.6 Å². The largest absolute Gasteiger partial charge is 0.490 e. The summed E-state index contributed by atoms with van der Waals surface area (Å²) in [5.74, 6) is 3.90. The summed E-state index contributed by atoms with van der Waals surface area (Å²) in [6.07, 6.45) is 8.54. The van der Waals surface area contributed by atoms with Gasteiger partial charge in [-0.1, -0.05) is 23.3 Å². The van der Waals surface area contributed by atoms with Crippen molar-refractivity contribution < 1.29 is 28.5 Å². The zero-order valence-corrected chi connectivity index (χ0v) is 25.5. The minimum atomic E-state index is -0.791. The van der Waals surface area contributed by atoms with Crippen LogP contribution in [0.1, 0.15) is 37.9 Å². The molecular formula is C30H29BrN2O7S. The first-order valence-electron chi connectivity index (χ1n) is 12.9. The molecule has 1 aliphatic heterocycles. The molecule has 2 aromatic carbocycles. The number of thiazole rings is 1. The Morgan fingerprint density at radius 3 is 2.46 bits per heavy atom. The van der Waals surface area contributed by atoms with E-state index >= 15 is 0 Å². The zero-order valence-electron chi connectivity index (χ0n) is 23.1. The monoisotopic (exact) mass is 640 g/mol. The maximum absolute atomic E-state index is 13.9. The predicted molar refractivity (Wildman–Crippen MR) is 160 cm³/mol. The lowest BCUT2D eigenvalue weighted by Gasteiger charge is -2.23. The van der Waals surface area contributed by atoms with Gasteiger partial charge in [-0.05, 0) is 78.2 Å². The highest BCUT2D eigenvalue weighted by molar-refractivity contribution is 9.10. The molecule has 11 heteroatoms. The van der Waals surface area contributed by atoms with Crippen molar-refractivity contribution in [3.8, 4) is 35.3 Å². The molecule has 0 aliphatic carbocycles. The molecule has 3 aromatic rings. The van der Waals surface area contributed by atoms with Gasteiger partial charge < -0.3 is 23.7 Å². The highest BCUT2D eigenvalue weighted by atomic mass is 79.9. The van der Waals surface area contributed by atoms with Crippen molar-refractivity contribution in [2.45, 2.75) is 26.8 Å². The Kier molecular flexibility index (Phi) is 9.91. The average Bonchev–Trinajstić information content (AvgIpc) is 3.27. The van der Waals surface area contributed by atoms with Gasteiger partial charge >= 0.3 is 5.97 Å². The van der Waals surface area contributed by atoms with Crippen LogP contribution in [0.25, 0.3) is 6.08 Å². The number of hydrogen-bond acceptors (Lipinski definition) is 9. The highest BCUT2D eigenvalue weighted by Gasteiger charge is 2.31. The first kappa shape index (κ1) is 30.0. The van der Waals surface area contributed by atoms with Crippen LogP contribution in [-0.4, -0.2) is 44.1 Å². The van der Waals surface area contributed by atoms with Gasteiger partial charge in [-0.3, -0.25) is 9.36 Å². The van der Waals surface area contributed by atoms with Crippen LogP contribution in [0, 0.1) is 12.3 Å². The minimum Gasteiger partial charge on any atom is -0.490 e. The number of benzene rings is 2. The lowest BCUT2D eigenvalue weighted by molar-refractivity contribution is -0.136. The van der Waals surface area contributed by atoms with E-state index in [1.165, 1.54) is 29.2 Å². The number of ether oxygens (including phenoxy) is 5. The zero-order chi connectivity index (χ0) is 29.5. The number of rotatable bonds is 11. The molecular weight excluding hydrogens is 612 g/mol. The van der Waals surface area contributed by atoms with Crippen molar-refractivity contribution in [2.75, 3.05) is 33.5 Å². The quantitative estimate of drug-likeness (QED) is 0.231. The Labute approximate surface area is 249 Å². The second-order valence-electron chi connectivity index (χ2n) is 8.50. The normalized spacial score (nSPS) is 14.3. The van der Waals surface area contributed by atoms with Gasteiger partial charge in [0.05, 0.1) is 47.6 Å². The van der Waals surface area contributed by atoms with E-state index in [0.717, 1.165) is 0 Å². The molecule has 0 spiro atoms. The lowest BCUT2D eigenvalue weighted by atomic mass is 9.97. The van der Waals surface area contributed by atoms with Crippen LogP contribution < -0.4 is 33.8 Å². The molecule has 0 fully saturated rings. The predicted octanol–water partition coefficient (Wildman–Crippen LogP) is 3.99. The molecule has 0 unspecified atom stereocenters. The Bertz CT molecular complexity index is 1700. The van der Waals surface area contributed by atoms with Crippen LogP contribution in [0.3, 0.4) is 0 Å². The second-order valence-corrected chi connectivity index (χ2v) is 10.4. The summed E-state index contributed by atoms with van der Waals surface area (Å²) in [6.45, 7) is 6.98. The number of fused-ring (bicyclic) bond motifs is 1. The first-order chi connectivity index (χ1) is 19.9. The van der Waals surface area contributed by atoms with Gasteiger partial charge in [0.2, 0.25) is 0 Å². The summed E-state index contributed by atoms with van der Waals surface area (Å²) in [6, 6.07) is 8.14.